The van der Waals surface area contributed by atoms with E-state index in [1.165, 1.54) is 4.90 Å². The number of hydrogen-bond acceptors (Lipinski definition) is 3. The average Bonchev–Trinajstić information content (AvgIpc) is 2.16. The Bertz CT molecular complexity index is 400. The number of thioether (sulfide) groups is 1. The maximum Gasteiger partial charge on any atom is 0.163 e. The van der Waals surface area contributed by atoms with Crippen molar-refractivity contribution in [3.05, 3.63) is 18.2 Å². The maximum atomic E-state index is 5.98. The van der Waals surface area contributed by atoms with Gasteiger partial charge in [0.2, 0.25) is 0 Å². The molecule has 3 heteroatoms. The van der Waals surface area contributed by atoms with Crippen LogP contribution in [0.2, 0.25) is 0 Å². The van der Waals surface area contributed by atoms with Gasteiger partial charge < -0.3 is 9.47 Å². The zero-order chi connectivity index (χ0) is 14.0. The highest BCUT2D eigenvalue weighted by Crippen LogP contribution is 2.35. The predicted molar refractivity (Wildman–Crippen MR) is 79.0 cm³/mol. The van der Waals surface area contributed by atoms with Crippen LogP contribution in [0.1, 0.15) is 41.5 Å². The first-order chi connectivity index (χ1) is 8.11. The van der Waals surface area contributed by atoms with Crippen LogP contribution in [0.25, 0.3) is 0 Å². The van der Waals surface area contributed by atoms with Gasteiger partial charge in [0.25, 0.3) is 0 Å². The Morgan fingerprint density at radius 3 is 1.78 bits per heavy atom. The standard InChI is InChI=1S/C15H24O2S/c1-14(2,3)16-12-9-8-11(18-7)10-13(12)17-15(4,5)6/h8-10H,1-7H3. The van der Waals surface area contributed by atoms with E-state index in [-0.39, 0.29) is 11.2 Å². The van der Waals surface area contributed by atoms with Crippen LogP contribution in [0.5, 0.6) is 11.5 Å². The third-order valence-electron chi connectivity index (χ3n) is 1.98. The van der Waals surface area contributed by atoms with E-state index in [0.717, 1.165) is 11.5 Å². The Morgan fingerprint density at radius 1 is 0.833 bits per heavy atom. The molecule has 0 aliphatic heterocycles. The largest absolute Gasteiger partial charge is 0.484 e. The first-order valence-corrected chi connectivity index (χ1v) is 7.39. The van der Waals surface area contributed by atoms with Crippen LogP contribution in [0.15, 0.2) is 23.1 Å². The summed E-state index contributed by atoms with van der Waals surface area (Å²) in [5.41, 5.74) is -0.454. The lowest BCUT2D eigenvalue weighted by atomic mass is 10.1. The van der Waals surface area contributed by atoms with Crippen molar-refractivity contribution >= 4 is 11.8 Å². The zero-order valence-electron chi connectivity index (χ0n) is 12.5. The van der Waals surface area contributed by atoms with Crippen LogP contribution in [0.4, 0.5) is 0 Å². The summed E-state index contributed by atoms with van der Waals surface area (Å²) >= 11 is 1.70. The lowest BCUT2D eigenvalue weighted by Crippen LogP contribution is -2.26. The fraction of sp³-hybridized carbons (Fsp3) is 0.600. The fourth-order valence-electron chi connectivity index (χ4n) is 1.44. The molecule has 0 bridgehead atoms. The molecule has 0 aromatic heterocycles. The molecule has 0 heterocycles. The molecule has 0 spiro atoms. The molecular formula is C15H24O2S. The smallest absolute Gasteiger partial charge is 0.163 e. The topological polar surface area (TPSA) is 18.5 Å². The molecule has 1 aromatic carbocycles. The molecule has 0 N–H and O–H groups in total. The van der Waals surface area contributed by atoms with Crippen LogP contribution >= 0.6 is 11.8 Å². The van der Waals surface area contributed by atoms with Crippen LogP contribution in [0.3, 0.4) is 0 Å². The van der Waals surface area contributed by atoms with Crippen molar-refractivity contribution in [3.8, 4) is 11.5 Å². The maximum absolute atomic E-state index is 5.98. The number of ether oxygens (including phenoxy) is 2. The van der Waals surface area contributed by atoms with Gasteiger partial charge in [0.15, 0.2) is 11.5 Å². The molecule has 102 valence electrons. The SMILES string of the molecule is CSc1ccc(OC(C)(C)C)c(OC(C)(C)C)c1. The number of benzene rings is 1. The molecule has 2 nitrogen and oxygen atoms in total. The summed E-state index contributed by atoms with van der Waals surface area (Å²) in [4.78, 5) is 1.18. The van der Waals surface area contributed by atoms with Gasteiger partial charge in [-0.25, -0.2) is 0 Å². The highest BCUT2D eigenvalue weighted by atomic mass is 32.2. The lowest BCUT2D eigenvalue weighted by Gasteiger charge is -2.27. The highest BCUT2D eigenvalue weighted by Gasteiger charge is 2.19. The molecular weight excluding hydrogens is 244 g/mol. The Hall–Kier alpha value is -0.830. The molecule has 0 amide bonds. The van der Waals surface area contributed by atoms with Gasteiger partial charge in [-0.3, -0.25) is 0 Å². The summed E-state index contributed by atoms with van der Waals surface area (Å²) in [6.07, 6.45) is 2.06. The van der Waals surface area contributed by atoms with Gasteiger partial charge in [0.1, 0.15) is 11.2 Å². The van der Waals surface area contributed by atoms with E-state index in [0.29, 0.717) is 0 Å². The van der Waals surface area contributed by atoms with Crippen LogP contribution in [-0.2, 0) is 0 Å². The minimum absolute atomic E-state index is 0.225. The predicted octanol–water partition coefficient (Wildman–Crippen LogP) is 4.76. The molecule has 1 rings (SSSR count). The van der Waals surface area contributed by atoms with Crippen molar-refractivity contribution in [2.75, 3.05) is 6.26 Å². The van der Waals surface area contributed by atoms with Crippen LogP contribution < -0.4 is 9.47 Å². The lowest BCUT2D eigenvalue weighted by molar-refractivity contribution is 0.0954. The molecule has 1 aromatic rings. The molecule has 0 aliphatic rings. The molecule has 0 aliphatic carbocycles. The molecule has 0 atom stereocenters. The third kappa shape index (κ3) is 5.21. The number of hydrogen-bond donors (Lipinski definition) is 0. The first-order valence-electron chi connectivity index (χ1n) is 6.17. The minimum atomic E-state index is -0.229. The van der Waals surface area contributed by atoms with Gasteiger partial charge in [-0.15, -0.1) is 11.8 Å². The van der Waals surface area contributed by atoms with Crippen molar-refractivity contribution in [2.45, 2.75) is 57.6 Å². The quantitative estimate of drug-likeness (QED) is 0.736. The molecule has 0 fully saturated rings. The number of rotatable bonds is 3. The van der Waals surface area contributed by atoms with Crippen molar-refractivity contribution in [3.63, 3.8) is 0 Å². The molecule has 0 radical (unpaired) electrons. The summed E-state index contributed by atoms with van der Waals surface area (Å²) in [7, 11) is 0. The van der Waals surface area contributed by atoms with Crippen molar-refractivity contribution < 1.29 is 9.47 Å². The Balaban J connectivity index is 3.08. The van der Waals surface area contributed by atoms with E-state index < -0.39 is 0 Å². The summed E-state index contributed by atoms with van der Waals surface area (Å²) in [5, 5.41) is 0. The Morgan fingerprint density at radius 2 is 1.33 bits per heavy atom. The van der Waals surface area contributed by atoms with E-state index in [4.69, 9.17) is 9.47 Å². The first kappa shape index (κ1) is 15.2. The van der Waals surface area contributed by atoms with Crippen molar-refractivity contribution in [2.24, 2.45) is 0 Å². The molecule has 18 heavy (non-hydrogen) atoms. The second kappa shape index (κ2) is 5.43. The summed E-state index contributed by atoms with van der Waals surface area (Å²) in [5.74, 6) is 1.61. The van der Waals surface area contributed by atoms with E-state index in [2.05, 4.69) is 12.3 Å². The van der Waals surface area contributed by atoms with Gasteiger partial charge in [-0.05, 0) is 66.0 Å². The summed E-state index contributed by atoms with van der Waals surface area (Å²) in [6, 6.07) is 6.08. The molecule has 0 saturated heterocycles. The van der Waals surface area contributed by atoms with E-state index in [9.17, 15) is 0 Å². The van der Waals surface area contributed by atoms with Crippen molar-refractivity contribution in [1.82, 2.24) is 0 Å². The van der Waals surface area contributed by atoms with Gasteiger partial charge in [0, 0.05) is 4.90 Å². The Kier molecular flexibility index (Phi) is 4.60. The Labute approximate surface area is 115 Å². The monoisotopic (exact) mass is 268 g/mol. The summed E-state index contributed by atoms with van der Waals surface area (Å²) < 4.78 is 11.9. The van der Waals surface area contributed by atoms with Gasteiger partial charge >= 0.3 is 0 Å². The van der Waals surface area contributed by atoms with Crippen LogP contribution in [-0.4, -0.2) is 17.5 Å². The molecule has 0 saturated carbocycles. The van der Waals surface area contributed by atoms with Crippen molar-refractivity contribution in [1.29, 1.82) is 0 Å². The average molecular weight is 268 g/mol. The van der Waals surface area contributed by atoms with E-state index in [1.54, 1.807) is 11.8 Å². The fourth-order valence-corrected chi connectivity index (χ4v) is 1.87. The third-order valence-corrected chi connectivity index (χ3v) is 2.71. The zero-order valence-corrected chi connectivity index (χ0v) is 13.3. The van der Waals surface area contributed by atoms with E-state index in [1.807, 2.05) is 53.7 Å². The second-order valence-corrected chi connectivity index (χ2v) is 7.12. The van der Waals surface area contributed by atoms with Gasteiger partial charge in [0.05, 0.1) is 0 Å². The summed E-state index contributed by atoms with van der Waals surface area (Å²) in [6.45, 7) is 12.2. The van der Waals surface area contributed by atoms with Crippen LogP contribution in [0, 0.1) is 0 Å². The van der Waals surface area contributed by atoms with E-state index >= 15 is 0 Å². The van der Waals surface area contributed by atoms with Gasteiger partial charge in [-0.1, -0.05) is 0 Å². The highest BCUT2D eigenvalue weighted by molar-refractivity contribution is 7.98. The second-order valence-electron chi connectivity index (χ2n) is 6.24. The molecule has 0 unspecified atom stereocenters. The normalized spacial score (nSPS) is 12.4. The minimum Gasteiger partial charge on any atom is -0.484 e. The van der Waals surface area contributed by atoms with Gasteiger partial charge in [-0.2, -0.15) is 0 Å².